The van der Waals surface area contributed by atoms with Crippen molar-refractivity contribution < 1.29 is 9.53 Å². The SMILES string of the molecule is CCOc1cccc(C(=O)N2CCN(CCC#N)CC2)c1. The molecule has 1 fully saturated rings. The van der Waals surface area contributed by atoms with Gasteiger partial charge in [0.05, 0.1) is 12.7 Å². The molecule has 0 bridgehead atoms. The smallest absolute Gasteiger partial charge is 0.254 e. The van der Waals surface area contributed by atoms with E-state index in [0.717, 1.165) is 25.4 Å². The van der Waals surface area contributed by atoms with Crippen molar-refractivity contribution in [3.05, 3.63) is 29.8 Å². The maximum absolute atomic E-state index is 12.5. The Morgan fingerprint density at radius 1 is 1.33 bits per heavy atom. The predicted octanol–water partition coefficient (Wildman–Crippen LogP) is 1.76. The van der Waals surface area contributed by atoms with E-state index in [4.69, 9.17) is 10.00 Å². The van der Waals surface area contributed by atoms with Gasteiger partial charge in [-0.15, -0.1) is 0 Å². The van der Waals surface area contributed by atoms with Gasteiger partial charge in [0.15, 0.2) is 0 Å². The molecule has 0 radical (unpaired) electrons. The molecule has 21 heavy (non-hydrogen) atoms. The molecule has 0 aromatic heterocycles. The number of ether oxygens (including phenoxy) is 1. The van der Waals surface area contributed by atoms with Crippen molar-refractivity contribution in [2.75, 3.05) is 39.3 Å². The highest BCUT2D eigenvalue weighted by Crippen LogP contribution is 2.16. The molecule has 1 aromatic carbocycles. The second-order valence-corrected chi connectivity index (χ2v) is 5.00. The number of nitrogens with zero attached hydrogens (tertiary/aromatic N) is 3. The lowest BCUT2D eigenvalue weighted by molar-refractivity contribution is 0.0639. The van der Waals surface area contributed by atoms with Crippen LogP contribution in [0.2, 0.25) is 0 Å². The van der Waals surface area contributed by atoms with E-state index < -0.39 is 0 Å². The zero-order valence-electron chi connectivity index (χ0n) is 12.4. The van der Waals surface area contributed by atoms with Gasteiger partial charge < -0.3 is 9.64 Å². The Balaban J connectivity index is 1.92. The van der Waals surface area contributed by atoms with Crippen molar-refractivity contribution in [2.24, 2.45) is 0 Å². The summed E-state index contributed by atoms with van der Waals surface area (Å²) in [6, 6.07) is 9.49. The summed E-state index contributed by atoms with van der Waals surface area (Å²) in [6.07, 6.45) is 0.546. The Morgan fingerprint density at radius 3 is 2.76 bits per heavy atom. The largest absolute Gasteiger partial charge is 0.494 e. The molecule has 5 nitrogen and oxygen atoms in total. The molecule has 0 spiro atoms. The third kappa shape index (κ3) is 4.20. The summed E-state index contributed by atoms with van der Waals surface area (Å²) >= 11 is 0. The lowest BCUT2D eigenvalue weighted by atomic mass is 10.1. The molecule has 0 saturated carbocycles. The summed E-state index contributed by atoms with van der Waals surface area (Å²) in [4.78, 5) is 16.6. The third-order valence-corrected chi connectivity index (χ3v) is 3.59. The van der Waals surface area contributed by atoms with Crippen LogP contribution >= 0.6 is 0 Å². The number of nitriles is 1. The Labute approximate surface area is 125 Å². The van der Waals surface area contributed by atoms with Crippen LogP contribution in [-0.2, 0) is 0 Å². The van der Waals surface area contributed by atoms with Crippen molar-refractivity contribution in [1.29, 1.82) is 5.26 Å². The highest BCUT2D eigenvalue weighted by atomic mass is 16.5. The van der Waals surface area contributed by atoms with E-state index in [9.17, 15) is 4.79 Å². The van der Waals surface area contributed by atoms with Crippen molar-refractivity contribution in [1.82, 2.24) is 9.80 Å². The summed E-state index contributed by atoms with van der Waals surface area (Å²) in [5.74, 6) is 0.785. The topological polar surface area (TPSA) is 56.6 Å². The molecule has 112 valence electrons. The van der Waals surface area contributed by atoms with Crippen molar-refractivity contribution in [3.8, 4) is 11.8 Å². The van der Waals surface area contributed by atoms with Gasteiger partial charge >= 0.3 is 0 Å². The number of carbonyl (C=O) groups excluding carboxylic acids is 1. The maximum Gasteiger partial charge on any atom is 0.254 e. The fourth-order valence-electron chi connectivity index (χ4n) is 2.45. The van der Waals surface area contributed by atoms with Gasteiger partial charge in [0.1, 0.15) is 5.75 Å². The highest BCUT2D eigenvalue weighted by Gasteiger charge is 2.22. The summed E-state index contributed by atoms with van der Waals surface area (Å²) in [5.41, 5.74) is 0.673. The molecule has 2 rings (SSSR count). The molecule has 1 aliphatic heterocycles. The molecule has 1 saturated heterocycles. The first kappa shape index (κ1) is 15.3. The molecule has 1 amide bonds. The van der Waals surface area contributed by atoms with Crippen molar-refractivity contribution in [3.63, 3.8) is 0 Å². The third-order valence-electron chi connectivity index (χ3n) is 3.59. The second-order valence-electron chi connectivity index (χ2n) is 5.00. The summed E-state index contributed by atoms with van der Waals surface area (Å²) in [6.45, 7) is 6.39. The minimum absolute atomic E-state index is 0.0523. The monoisotopic (exact) mass is 287 g/mol. The number of piperazine rings is 1. The first-order valence-electron chi connectivity index (χ1n) is 7.36. The molecule has 0 atom stereocenters. The van der Waals surface area contributed by atoms with E-state index in [0.29, 0.717) is 31.7 Å². The summed E-state index contributed by atoms with van der Waals surface area (Å²) in [7, 11) is 0. The van der Waals surface area contributed by atoms with Crippen LogP contribution in [0, 0.1) is 11.3 Å². The van der Waals surface area contributed by atoms with Gasteiger partial charge in [0, 0.05) is 44.7 Å². The molecular formula is C16H21N3O2. The van der Waals surface area contributed by atoms with Crippen molar-refractivity contribution in [2.45, 2.75) is 13.3 Å². The van der Waals surface area contributed by atoms with E-state index in [1.54, 1.807) is 6.07 Å². The molecular weight excluding hydrogens is 266 g/mol. The lowest BCUT2D eigenvalue weighted by Gasteiger charge is -2.34. The number of amides is 1. The Hall–Kier alpha value is -2.06. The fourth-order valence-corrected chi connectivity index (χ4v) is 2.45. The molecule has 1 aromatic rings. The Kier molecular flexibility index (Phi) is 5.59. The quantitative estimate of drug-likeness (QED) is 0.828. The fraction of sp³-hybridized carbons (Fsp3) is 0.500. The van der Waals surface area contributed by atoms with Crippen LogP contribution in [0.3, 0.4) is 0 Å². The molecule has 1 aliphatic rings. The molecule has 0 unspecified atom stereocenters. The lowest BCUT2D eigenvalue weighted by Crippen LogP contribution is -2.48. The minimum Gasteiger partial charge on any atom is -0.494 e. The van der Waals surface area contributed by atoms with Gasteiger partial charge in [0.25, 0.3) is 5.91 Å². The maximum atomic E-state index is 12.5. The summed E-state index contributed by atoms with van der Waals surface area (Å²) < 4.78 is 5.44. The van der Waals surface area contributed by atoms with Gasteiger partial charge in [-0.2, -0.15) is 5.26 Å². The number of hydrogen-bond acceptors (Lipinski definition) is 4. The molecule has 1 heterocycles. The molecule has 0 N–H and O–H groups in total. The summed E-state index contributed by atoms with van der Waals surface area (Å²) in [5, 5.41) is 8.60. The van der Waals surface area contributed by atoms with Gasteiger partial charge in [-0.3, -0.25) is 9.69 Å². The van der Waals surface area contributed by atoms with E-state index in [-0.39, 0.29) is 5.91 Å². The number of carbonyl (C=O) groups is 1. The van der Waals surface area contributed by atoms with Crippen molar-refractivity contribution >= 4 is 5.91 Å². The van der Waals surface area contributed by atoms with Gasteiger partial charge in [0.2, 0.25) is 0 Å². The van der Waals surface area contributed by atoms with Crippen LogP contribution in [0.4, 0.5) is 0 Å². The van der Waals surface area contributed by atoms with Gasteiger partial charge in [-0.1, -0.05) is 6.07 Å². The van der Waals surface area contributed by atoms with Crippen LogP contribution in [0.25, 0.3) is 0 Å². The predicted molar refractivity (Wildman–Crippen MR) is 80.2 cm³/mol. The van der Waals surface area contributed by atoms with E-state index in [1.165, 1.54) is 0 Å². The van der Waals surface area contributed by atoms with Gasteiger partial charge in [-0.25, -0.2) is 0 Å². The van der Waals surface area contributed by atoms with E-state index in [1.807, 2.05) is 30.0 Å². The van der Waals surface area contributed by atoms with Crippen LogP contribution < -0.4 is 4.74 Å². The Morgan fingerprint density at radius 2 is 2.10 bits per heavy atom. The van der Waals surface area contributed by atoms with Crippen LogP contribution in [-0.4, -0.2) is 55.0 Å². The standard InChI is InChI=1S/C16H21N3O2/c1-2-21-15-6-3-5-14(13-15)16(20)19-11-9-18(10-12-19)8-4-7-17/h3,5-6,13H,2,4,8-12H2,1H3. The van der Waals surface area contributed by atoms with Gasteiger partial charge in [-0.05, 0) is 25.1 Å². The first-order chi connectivity index (χ1) is 10.2. The molecule has 5 heteroatoms. The average Bonchev–Trinajstić information content (AvgIpc) is 2.53. The minimum atomic E-state index is 0.0523. The average molecular weight is 287 g/mol. The number of benzene rings is 1. The second kappa shape index (κ2) is 7.65. The van der Waals surface area contributed by atoms with Crippen LogP contribution in [0.15, 0.2) is 24.3 Å². The van der Waals surface area contributed by atoms with Crippen LogP contribution in [0.5, 0.6) is 5.75 Å². The van der Waals surface area contributed by atoms with E-state index in [2.05, 4.69) is 11.0 Å². The highest BCUT2D eigenvalue weighted by molar-refractivity contribution is 5.94. The van der Waals surface area contributed by atoms with E-state index >= 15 is 0 Å². The Bertz CT molecular complexity index is 516. The number of hydrogen-bond donors (Lipinski definition) is 0. The first-order valence-corrected chi connectivity index (χ1v) is 7.36. The van der Waals surface area contributed by atoms with Crippen LogP contribution in [0.1, 0.15) is 23.7 Å². The zero-order chi connectivity index (χ0) is 15.1. The number of rotatable bonds is 5. The molecule has 0 aliphatic carbocycles. The normalized spacial score (nSPS) is 15.5. The zero-order valence-corrected chi connectivity index (χ0v) is 12.4.